The molecule has 0 amide bonds. The van der Waals surface area contributed by atoms with Crippen LogP contribution in [0.15, 0.2) is 47.3 Å². The van der Waals surface area contributed by atoms with Crippen LogP contribution in [0.25, 0.3) is 27.3 Å². The summed E-state index contributed by atoms with van der Waals surface area (Å²) >= 11 is 0. The third kappa shape index (κ3) is 3.24. The van der Waals surface area contributed by atoms with Crippen molar-refractivity contribution >= 4 is 33.1 Å². The summed E-state index contributed by atoms with van der Waals surface area (Å²) in [7, 11) is 4.12. The second-order valence-electron chi connectivity index (χ2n) is 7.15. The highest BCUT2D eigenvalue weighted by atomic mass is 16.1. The van der Waals surface area contributed by atoms with E-state index in [9.17, 15) is 4.79 Å². The van der Waals surface area contributed by atoms with Gasteiger partial charge in [-0.3, -0.25) is 4.79 Å². The summed E-state index contributed by atoms with van der Waals surface area (Å²) < 4.78 is 1.43. The van der Waals surface area contributed by atoms with Crippen molar-refractivity contribution in [2.24, 2.45) is 0 Å². The number of hydrogen-bond acceptors (Lipinski definition) is 5. The maximum atomic E-state index is 13.1. The normalized spacial score (nSPS) is 11.7. The Labute approximate surface area is 157 Å². The number of anilines is 1. The Kier molecular flexibility index (Phi) is 4.49. The highest BCUT2D eigenvalue weighted by Gasteiger charge is 2.13. The number of fused-ring (bicyclic) bond motifs is 4. The molecule has 6 nitrogen and oxygen atoms in total. The minimum Gasteiger partial charge on any atom is -0.368 e. The van der Waals surface area contributed by atoms with Crippen molar-refractivity contribution in [2.75, 3.05) is 32.5 Å². The molecule has 2 heterocycles. The van der Waals surface area contributed by atoms with E-state index < -0.39 is 0 Å². The molecule has 2 aromatic carbocycles. The van der Waals surface area contributed by atoms with Crippen molar-refractivity contribution in [3.05, 3.63) is 58.4 Å². The fourth-order valence-corrected chi connectivity index (χ4v) is 3.33. The van der Waals surface area contributed by atoms with E-state index in [1.807, 2.05) is 49.4 Å². The molecule has 1 N–H and O–H groups in total. The Morgan fingerprint density at radius 1 is 1.07 bits per heavy atom. The zero-order valence-corrected chi connectivity index (χ0v) is 15.9. The molecule has 2 aromatic heterocycles. The summed E-state index contributed by atoms with van der Waals surface area (Å²) in [5, 5.41) is 10.5. The minimum absolute atomic E-state index is 0.138. The van der Waals surface area contributed by atoms with E-state index in [4.69, 9.17) is 4.98 Å². The third-order valence-corrected chi connectivity index (χ3v) is 4.70. The Hall–Kier alpha value is -2.99. The van der Waals surface area contributed by atoms with Gasteiger partial charge >= 0.3 is 0 Å². The SMILES string of the molecule is Cc1ccc2nc3c4ccccc4c(NCCCN(C)C)nn3c(=O)c2c1. The Balaban J connectivity index is 1.91. The number of nitrogens with zero attached hydrogens (tertiary/aromatic N) is 4. The van der Waals surface area contributed by atoms with Crippen LogP contribution in [-0.2, 0) is 0 Å². The minimum atomic E-state index is -0.138. The highest BCUT2D eigenvalue weighted by molar-refractivity contribution is 6.01. The Morgan fingerprint density at radius 3 is 2.63 bits per heavy atom. The van der Waals surface area contributed by atoms with Gasteiger partial charge in [0.25, 0.3) is 5.56 Å². The van der Waals surface area contributed by atoms with Gasteiger partial charge in [-0.15, -0.1) is 5.10 Å². The zero-order valence-electron chi connectivity index (χ0n) is 15.9. The number of hydrogen-bond donors (Lipinski definition) is 1. The van der Waals surface area contributed by atoms with Gasteiger partial charge in [-0.1, -0.05) is 35.9 Å². The molecule has 0 spiro atoms. The van der Waals surface area contributed by atoms with Crippen molar-refractivity contribution < 1.29 is 0 Å². The highest BCUT2D eigenvalue weighted by Crippen LogP contribution is 2.24. The van der Waals surface area contributed by atoms with E-state index in [0.717, 1.165) is 35.8 Å². The van der Waals surface area contributed by atoms with Gasteiger partial charge < -0.3 is 10.2 Å². The summed E-state index contributed by atoms with van der Waals surface area (Å²) in [4.78, 5) is 20.0. The molecule has 0 saturated carbocycles. The zero-order chi connectivity index (χ0) is 19.0. The predicted molar refractivity (Wildman–Crippen MR) is 111 cm³/mol. The van der Waals surface area contributed by atoms with Crippen molar-refractivity contribution in [1.82, 2.24) is 19.5 Å². The first-order valence-corrected chi connectivity index (χ1v) is 9.15. The lowest BCUT2D eigenvalue weighted by molar-refractivity contribution is 0.405. The molecule has 0 atom stereocenters. The van der Waals surface area contributed by atoms with E-state index in [0.29, 0.717) is 22.4 Å². The van der Waals surface area contributed by atoms with E-state index >= 15 is 0 Å². The first-order valence-electron chi connectivity index (χ1n) is 9.15. The van der Waals surface area contributed by atoms with Crippen LogP contribution in [0.5, 0.6) is 0 Å². The summed E-state index contributed by atoms with van der Waals surface area (Å²) in [6, 6.07) is 13.7. The number of rotatable bonds is 5. The summed E-state index contributed by atoms with van der Waals surface area (Å²) in [5.74, 6) is 0.716. The van der Waals surface area contributed by atoms with Crippen molar-refractivity contribution in [3.8, 4) is 0 Å². The molecule has 0 aliphatic carbocycles. The van der Waals surface area contributed by atoms with Crippen LogP contribution in [0.2, 0.25) is 0 Å². The summed E-state index contributed by atoms with van der Waals surface area (Å²) in [6.45, 7) is 3.75. The van der Waals surface area contributed by atoms with Gasteiger partial charge in [0.1, 0.15) is 0 Å². The van der Waals surface area contributed by atoms with Gasteiger partial charge in [-0.05, 0) is 46.1 Å². The number of benzene rings is 2. The summed E-state index contributed by atoms with van der Waals surface area (Å²) in [5.41, 5.74) is 2.18. The van der Waals surface area contributed by atoms with Gasteiger partial charge in [0.2, 0.25) is 0 Å². The van der Waals surface area contributed by atoms with Crippen LogP contribution in [0.3, 0.4) is 0 Å². The number of aromatic nitrogens is 3. The second-order valence-corrected chi connectivity index (χ2v) is 7.15. The van der Waals surface area contributed by atoms with Crippen molar-refractivity contribution in [2.45, 2.75) is 13.3 Å². The molecule has 4 rings (SSSR count). The van der Waals surface area contributed by atoms with Gasteiger partial charge in [0.15, 0.2) is 11.5 Å². The molecule has 0 saturated heterocycles. The quantitative estimate of drug-likeness (QED) is 0.336. The number of aryl methyl sites for hydroxylation is 1. The third-order valence-electron chi connectivity index (χ3n) is 4.70. The molecule has 138 valence electrons. The van der Waals surface area contributed by atoms with Gasteiger partial charge in [-0.2, -0.15) is 4.52 Å². The molecule has 0 aliphatic rings. The molecule has 0 fully saturated rings. The lowest BCUT2D eigenvalue weighted by Crippen LogP contribution is -2.21. The summed E-state index contributed by atoms with van der Waals surface area (Å²) in [6.07, 6.45) is 0.991. The van der Waals surface area contributed by atoms with E-state index in [-0.39, 0.29) is 5.56 Å². The van der Waals surface area contributed by atoms with E-state index in [2.05, 4.69) is 29.4 Å². The van der Waals surface area contributed by atoms with Crippen LogP contribution >= 0.6 is 0 Å². The largest absolute Gasteiger partial charge is 0.368 e. The lowest BCUT2D eigenvalue weighted by Gasteiger charge is -2.13. The molecular weight excluding hydrogens is 338 g/mol. The van der Waals surface area contributed by atoms with Crippen LogP contribution in [0.4, 0.5) is 5.82 Å². The molecule has 0 radical (unpaired) electrons. The van der Waals surface area contributed by atoms with Gasteiger partial charge in [-0.25, -0.2) is 4.98 Å². The smallest absolute Gasteiger partial charge is 0.282 e. The van der Waals surface area contributed by atoms with Crippen molar-refractivity contribution in [1.29, 1.82) is 0 Å². The maximum Gasteiger partial charge on any atom is 0.282 e. The molecule has 0 unspecified atom stereocenters. The average molecular weight is 361 g/mol. The van der Waals surface area contributed by atoms with Crippen molar-refractivity contribution in [3.63, 3.8) is 0 Å². The van der Waals surface area contributed by atoms with Gasteiger partial charge in [0.05, 0.1) is 10.9 Å². The van der Waals surface area contributed by atoms with Gasteiger partial charge in [0, 0.05) is 17.3 Å². The molecule has 0 bridgehead atoms. The van der Waals surface area contributed by atoms with E-state index in [1.165, 1.54) is 4.52 Å². The molecule has 4 aromatic rings. The molecular formula is C21H23N5O. The predicted octanol–water partition coefficient (Wildman–Crippen LogP) is 3.07. The van der Waals surface area contributed by atoms with Crippen LogP contribution in [-0.4, -0.2) is 46.7 Å². The number of nitrogens with one attached hydrogen (secondary N) is 1. The maximum absolute atomic E-state index is 13.1. The van der Waals surface area contributed by atoms with E-state index in [1.54, 1.807) is 0 Å². The first-order chi connectivity index (χ1) is 13.0. The lowest BCUT2D eigenvalue weighted by atomic mass is 10.1. The Bertz CT molecular complexity index is 1200. The second kappa shape index (κ2) is 6.96. The first kappa shape index (κ1) is 17.4. The van der Waals surface area contributed by atoms with Crippen LogP contribution in [0.1, 0.15) is 12.0 Å². The standard InChI is InChI=1S/C21H23N5O/c1-14-9-10-18-17(13-14)21(27)26-20(23-18)16-8-5-4-7-15(16)19(24-26)22-11-6-12-25(2)3/h4-5,7-10,13H,6,11-12H2,1-3H3,(H,22,24). The Morgan fingerprint density at radius 2 is 1.85 bits per heavy atom. The molecule has 6 heteroatoms. The topological polar surface area (TPSA) is 62.5 Å². The van der Waals surface area contributed by atoms with Crippen LogP contribution < -0.4 is 10.9 Å². The molecule has 0 aliphatic heterocycles. The monoisotopic (exact) mass is 361 g/mol. The van der Waals surface area contributed by atoms with Crippen LogP contribution in [0, 0.1) is 6.92 Å². The fraction of sp³-hybridized carbons (Fsp3) is 0.286. The average Bonchev–Trinajstić information content (AvgIpc) is 2.66. The molecule has 27 heavy (non-hydrogen) atoms. The fourth-order valence-electron chi connectivity index (χ4n) is 3.33.